The molecule has 3 rings (SSSR count). The fourth-order valence-electron chi connectivity index (χ4n) is 4.29. The molecule has 1 aromatic carbocycles. The van der Waals surface area contributed by atoms with Crippen LogP contribution < -0.4 is 10.6 Å². The lowest BCUT2D eigenvalue weighted by atomic mass is 9.91. The summed E-state index contributed by atoms with van der Waals surface area (Å²) >= 11 is 1.48. The van der Waals surface area contributed by atoms with Gasteiger partial charge in [0.1, 0.15) is 12.6 Å². The van der Waals surface area contributed by atoms with E-state index in [-0.39, 0.29) is 11.4 Å². The molecule has 1 amide bonds. The number of carbonyl (C=O) groups excluding carboxylic acids is 1. The third-order valence-corrected chi connectivity index (χ3v) is 7.53. The fraction of sp³-hybridized carbons (Fsp3) is 0.704. The Kier molecular flexibility index (Phi) is 12.8. The molecule has 1 aromatic rings. The van der Waals surface area contributed by atoms with E-state index in [0.29, 0.717) is 5.75 Å². The molecule has 0 radical (unpaired) electrons. The number of ether oxygens (including phenoxy) is 1. The lowest BCUT2D eigenvalue weighted by Gasteiger charge is -2.30. The van der Waals surface area contributed by atoms with Crippen LogP contribution in [0.25, 0.3) is 0 Å². The molecule has 7 heteroatoms. The minimum absolute atomic E-state index is 0.0661. The number of benzene rings is 1. The van der Waals surface area contributed by atoms with Gasteiger partial charge in [-0.15, -0.1) is 0 Å². The Bertz CT molecular complexity index is 695. The highest BCUT2D eigenvalue weighted by Crippen LogP contribution is 2.24. The van der Waals surface area contributed by atoms with Gasteiger partial charge in [0, 0.05) is 22.6 Å². The number of amides is 1. The highest BCUT2D eigenvalue weighted by atomic mass is 32.2. The first-order valence-corrected chi connectivity index (χ1v) is 13.8. The molecule has 2 saturated carbocycles. The topological polar surface area (TPSA) is 87.7 Å². The van der Waals surface area contributed by atoms with Gasteiger partial charge < -0.3 is 20.5 Å². The molecule has 0 saturated heterocycles. The number of thioether (sulfide) groups is 1. The van der Waals surface area contributed by atoms with Crippen molar-refractivity contribution in [3.05, 3.63) is 35.9 Å². The van der Waals surface area contributed by atoms with Gasteiger partial charge in [0.2, 0.25) is 0 Å². The normalized spacial score (nSPS) is 18.3. The Morgan fingerprint density at radius 1 is 0.971 bits per heavy atom. The lowest BCUT2D eigenvalue weighted by Crippen LogP contribution is -2.43. The zero-order chi connectivity index (χ0) is 24.8. The van der Waals surface area contributed by atoms with E-state index in [0.717, 1.165) is 17.6 Å². The van der Waals surface area contributed by atoms with Crippen molar-refractivity contribution in [1.29, 1.82) is 0 Å². The second kappa shape index (κ2) is 15.3. The highest BCUT2D eigenvalue weighted by Gasteiger charge is 2.24. The average molecular weight is 493 g/mol. The summed E-state index contributed by atoms with van der Waals surface area (Å²) in [7, 11) is 0. The molecule has 2 aliphatic carbocycles. The number of hydrogen-bond donors (Lipinski definition) is 3. The standard InChI is InChI=1S/C15H21NO4S.C12H23N/c1-15(2,3)21-10-12(13(17)18)16-14(19)20-9-11-7-5-4-6-8-11;1-3-7-11(8-4-1)13-12-9-5-2-6-10-12/h4-8,12H,9-10H2,1-3H3,(H,16,19)(H,17,18);11-13H,1-10H2. The first-order valence-electron chi connectivity index (χ1n) is 12.8. The van der Waals surface area contributed by atoms with Crippen LogP contribution in [0.1, 0.15) is 90.5 Å². The number of hydrogen-bond acceptors (Lipinski definition) is 5. The van der Waals surface area contributed by atoms with Crippen LogP contribution in [0, 0.1) is 0 Å². The molecule has 0 bridgehead atoms. The molecular formula is C27H44N2O4S. The molecule has 1 atom stereocenters. The Morgan fingerprint density at radius 3 is 1.97 bits per heavy atom. The summed E-state index contributed by atoms with van der Waals surface area (Å²) in [4.78, 5) is 22.8. The van der Waals surface area contributed by atoms with Gasteiger partial charge in [-0.3, -0.25) is 0 Å². The summed E-state index contributed by atoms with van der Waals surface area (Å²) < 4.78 is 4.95. The SMILES string of the molecule is C1CCC(NC2CCCCC2)CC1.CC(C)(C)SCC(NC(=O)OCc1ccccc1)C(=O)O. The smallest absolute Gasteiger partial charge is 0.408 e. The molecule has 0 aliphatic heterocycles. The van der Waals surface area contributed by atoms with Crippen LogP contribution in [-0.2, 0) is 16.1 Å². The van der Waals surface area contributed by atoms with Gasteiger partial charge >= 0.3 is 12.1 Å². The molecule has 0 aromatic heterocycles. The van der Waals surface area contributed by atoms with E-state index in [4.69, 9.17) is 9.84 Å². The molecule has 1 unspecified atom stereocenters. The van der Waals surface area contributed by atoms with Gasteiger partial charge in [-0.1, -0.05) is 89.6 Å². The Morgan fingerprint density at radius 2 is 1.50 bits per heavy atom. The fourth-order valence-corrected chi connectivity index (χ4v) is 5.18. The summed E-state index contributed by atoms with van der Waals surface area (Å²) in [6.07, 6.45) is 13.8. The number of nitrogens with one attached hydrogen (secondary N) is 2. The van der Waals surface area contributed by atoms with Crippen molar-refractivity contribution in [2.24, 2.45) is 0 Å². The molecule has 6 nitrogen and oxygen atoms in total. The van der Waals surface area contributed by atoms with Crippen LogP contribution in [0.4, 0.5) is 4.79 Å². The zero-order valence-electron chi connectivity index (χ0n) is 21.2. The van der Waals surface area contributed by atoms with Crippen LogP contribution in [0.2, 0.25) is 0 Å². The predicted octanol–water partition coefficient (Wildman–Crippen LogP) is 6.14. The van der Waals surface area contributed by atoms with Gasteiger partial charge in [-0.25, -0.2) is 9.59 Å². The van der Waals surface area contributed by atoms with E-state index in [1.807, 2.05) is 51.1 Å². The zero-order valence-corrected chi connectivity index (χ0v) is 22.0. The first-order chi connectivity index (χ1) is 16.2. The molecule has 0 heterocycles. The van der Waals surface area contributed by atoms with E-state index in [1.54, 1.807) is 0 Å². The maximum atomic E-state index is 11.6. The van der Waals surface area contributed by atoms with E-state index in [9.17, 15) is 9.59 Å². The van der Waals surface area contributed by atoms with E-state index >= 15 is 0 Å². The minimum Gasteiger partial charge on any atom is -0.480 e. The van der Waals surface area contributed by atoms with Crippen molar-refractivity contribution in [1.82, 2.24) is 10.6 Å². The van der Waals surface area contributed by atoms with Gasteiger partial charge in [0.15, 0.2) is 0 Å². The Hall–Kier alpha value is -1.73. The Labute approximate surface area is 210 Å². The van der Waals surface area contributed by atoms with Gasteiger partial charge in [-0.05, 0) is 31.2 Å². The molecule has 2 fully saturated rings. The minimum atomic E-state index is -1.07. The number of aliphatic carboxylic acids is 1. The summed E-state index contributed by atoms with van der Waals surface area (Å²) in [6.45, 7) is 6.09. The second-order valence-electron chi connectivity index (χ2n) is 10.4. The van der Waals surface area contributed by atoms with Crippen molar-refractivity contribution in [3.63, 3.8) is 0 Å². The maximum Gasteiger partial charge on any atom is 0.408 e. The van der Waals surface area contributed by atoms with Gasteiger partial charge in [0.05, 0.1) is 0 Å². The van der Waals surface area contributed by atoms with Crippen molar-refractivity contribution < 1.29 is 19.4 Å². The van der Waals surface area contributed by atoms with Crippen molar-refractivity contribution in [2.75, 3.05) is 5.75 Å². The molecule has 34 heavy (non-hydrogen) atoms. The van der Waals surface area contributed by atoms with E-state index in [2.05, 4.69) is 10.6 Å². The third-order valence-electron chi connectivity index (χ3n) is 6.17. The van der Waals surface area contributed by atoms with Crippen LogP contribution in [0.15, 0.2) is 30.3 Å². The molecule has 2 aliphatic rings. The average Bonchev–Trinajstić information content (AvgIpc) is 2.82. The van der Waals surface area contributed by atoms with Crippen LogP contribution in [0.3, 0.4) is 0 Å². The first kappa shape index (κ1) is 28.5. The largest absolute Gasteiger partial charge is 0.480 e. The summed E-state index contributed by atoms with van der Waals surface area (Å²) in [5.41, 5.74) is 0.851. The van der Waals surface area contributed by atoms with Crippen LogP contribution >= 0.6 is 11.8 Å². The number of alkyl carbamates (subject to hydrolysis) is 1. The summed E-state index contributed by atoms with van der Waals surface area (Å²) in [5.74, 6) is -0.775. The quantitative estimate of drug-likeness (QED) is 0.404. The predicted molar refractivity (Wildman–Crippen MR) is 140 cm³/mol. The van der Waals surface area contributed by atoms with Crippen LogP contribution in [0.5, 0.6) is 0 Å². The van der Waals surface area contributed by atoms with Crippen molar-refractivity contribution >= 4 is 23.8 Å². The maximum absolute atomic E-state index is 11.6. The van der Waals surface area contributed by atoms with E-state index in [1.165, 1.54) is 76.0 Å². The number of rotatable bonds is 8. The number of carboxylic acid groups (broad SMARTS) is 1. The van der Waals surface area contributed by atoms with Gasteiger partial charge in [0.25, 0.3) is 0 Å². The molecule has 0 spiro atoms. The lowest BCUT2D eigenvalue weighted by molar-refractivity contribution is -0.138. The number of carboxylic acids is 1. The molecule has 192 valence electrons. The Balaban J connectivity index is 0.000000266. The van der Waals surface area contributed by atoms with Crippen LogP contribution in [-0.4, -0.2) is 45.8 Å². The monoisotopic (exact) mass is 492 g/mol. The van der Waals surface area contributed by atoms with Gasteiger partial charge in [-0.2, -0.15) is 11.8 Å². The highest BCUT2D eigenvalue weighted by molar-refractivity contribution is 8.00. The molecular weight excluding hydrogens is 448 g/mol. The van der Waals surface area contributed by atoms with E-state index < -0.39 is 18.1 Å². The number of carbonyl (C=O) groups is 2. The summed E-state index contributed by atoms with van der Waals surface area (Å²) in [5, 5.41) is 15.4. The third kappa shape index (κ3) is 12.7. The van der Waals surface area contributed by atoms with Crippen molar-refractivity contribution in [2.45, 2.75) is 114 Å². The van der Waals surface area contributed by atoms with Crippen molar-refractivity contribution in [3.8, 4) is 0 Å². The summed E-state index contributed by atoms with van der Waals surface area (Å²) in [6, 6.07) is 10.0. The molecule has 3 N–H and O–H groups in total. The second-order valence-corrected chi connectivity index (χ2v) is 12.2.